The standard InChI is InChI=1S/C17H18O5/c1-4-5-6-14-15(17(19)22-16(14)18)9-11-7-12(20-2)10-13(8-11)21-3/h6-10H,4-5H2,1-3H3/b14-6-,15-9+. The number of benzene rings is 1. The lowest BCUT2D eigenvalue weighted by molar-refractivity contribution is -0.149. The minimum atomic E-state index is -0.630. The van der Waals surface area contributed by atoms with E-state index in [0.717, 1.165) is 6.42 Å². The van der Waals surface area contributed by atoms with Gasteiger partial charge in [-0.3, -0.25) is 0 Å². The third kappa shape index (κ3) is 3.36. The van der Waals surface area contributed by atoms with Gasteiger partial charge in [0.05, 0.1) is 25.4 Å². The zero-order valence-electron chi connectivity index (χ0n) is 12.8. The summed E-state index contributed by atoms with van der Waals surface area (Å²) < 4.78 is 15.1. The van der Waals surface area contributed by atoms with Crippen LogP contribution < -0.4 is 9.47 Å². The fourth-order valence-corrected chi connectivity index (χ4v) is 2.11. The fourth-order valence-electron chi connectivity index (χ4n) is 2.11. The van der Waals surface area contributed by atoms with Crippen molar-refractivity contribution in [3.63, 3.8) is 0 Å². The average Bonchev–Trinajstić information content (AvgIpc) is 2.78. The number of ether oxygens (including phenoxy) is 3. The van der Waals surface area contributed by atoms with Gasteiger partial charge in [0.15, 0.2) is 0 Å². The number of hydrogen-bond donors (Lipinski definition) is 0. The van der Waals surface area contributed by atoms with Crippen LogP contribution in [0.4, 0.5) is 0 Å². The van der Waals surface area contributed by atoms with Crippen molar-refractivity contribution >= 4 is 18.0 Å². The normalized spacial score (nSPS) is 18.0. The molecule has 0 radical (unpaired) electrons. The van der Waals surface area contributed by atoms with E-state index in [2.05, 4.69) is 0 Å². The van der Waals surface area contributed by atoms with E-state index < -0.39 is 11.9 Å². The number of hydrogen-bond acceptors (Lipinski definition) is 5. The molecule has 5 heteroatoms. The summed E-state index contributed by atoms with van der Waals surface area (Å²) in [6.45, 7) is 2.00. The highest BCUT2D eigenvalue weighted by molar-refractivity contribution is 6.20. The smallest absolute Gasteiger partial charge is 0.346 e. The van der Waals surface area contributed by atoms with Crippen molar-refractivity contribution in [1.29, 1.82) is 0 Å². The van der Waals surface area contributed by atoms with Gasteiger partial charge in [-0.25, -0.2) is 9.59 Å². The van der Waals surface area contributed by atoms with Crippen LogP contribution in [0, 0.1) is 0 Å². The zero-order chi connectivity index (χ0) is 16.1. The summed E-state index contributed by atoms with van der Waals surface area (Å²) in [5, 5.41) is 0. The van der Waals surface area contributed by atoms with E-state index in [-0.39, 0.29) is 5.57 Å². The van der Waals surface area contributed by atoms with E-state index in [1.807, 2.05) is 6.92 Å². The maximum absolute atomic E-state index is 11.9. The molecule has 1 aliphatic heterocycles. The predicted molar refractivity (Wildman–Crippen MR) is 81.6 cm³/mol. The Bertz CT molecular complexity index is 633. The largest absolute Gasteiger partial charge is 0.497 e. The number of allylic oxidation sites excluding steroid dienone is 1. The molecule has 116 valence electrons. The van der Waals surface area contributed by atoms with Crippen LogP contribution in [-0.4, -0.2) is 26.2 Å². The first kappa shape index (κ1) is 15.8. The van der Waals surface area contributed by atoms with Gasteiger partial charge in [-0.1, -0.05) is 19.4 Å². The lowest BCUT2D eigenvalue weighted by Gasteiger charge is -2.06. The number of methoxy groups -OCH3 is 2. The summed E-state index contributed by atoms with van der Waals surface area (Å²) >= 11 is 0. The molecule has 0 aliphatic carbocycles. The van der Waals surface area contributed by atoms with E-state index in [9.17, 15) is 9.59 Å². The number of esters is 2. The van der Waals surface area contributed by atoms with E-state index in [4.69, 9.17) is 14.2 Å². The summed E-state index contributed by atoms with van der Waals surface area (Å²) in [6, 6.07) is 5.24. The minimum Gasteiger partial charge on any atom is -0.497 e. The van der Waals surface area contributed by atoms with Crippen LogP contribution in [0.1, 0.15) is 25.3 Å². The summed E-state index contributed by atoms with van der Waals surface area (Å²) in [6.07, 6.45) is 4.93. The molecule has 0 saturated carbocycles. The molecule has 0 amide bonds. The maximum atomic E-state index is 11.9. The van der Waals surface area contributed by atoms with Crippen LogP contribution in [0.25, 0.3) is 6.08 Å². The Hall–Kier alpha value is -2.56. The topological polar surface area (TPSA) is 61.8 Å². The summed E-state index contributed by atoms with van der Waals surface area (Å²) in [5.41, 5.74) is 1.27. The van der Waals surface area contributed by atoms with Gasteiger partial charge < -0.3 is 14.2 Å². The molecule has 22 heavy (non-hydrogen) atoms. The van der Waals surface area contributed by atoms with Crippen LogP contribution >= 0.6 is 0 Å². The first-order valence-electron chi connectivity index (χ1n) is 7.00. The Kier molecular flexibility index (Phi) is 4.99. The third-order valence-electron chi connectivity index (χ3n) is 3.24. The molecule has 1 aromatic rings. The van der Waals surface area contributed by atoms with E-state index in [1.54, 1.807) is 44.6 Å². The number of cyclic esters (lactones) is 2. The number of carbonyl (C=O) groups excluding carboxylic acids is 2. The van der Waals surface area contributed by atoms with Gasteiger partial charge in [0.25, 0.3) is 0 Å². The Labute approximate surface area is 129 Å². The molecular weight excluding hydrogens is 284 g/mol. The molecule has 1 heterocycles. The predicted octanol–water partition coefficient (Wildman–Crippen LogP) is 2.90. The quantitative estimate of drug-likeness (QED) is 0.475. The second-order valence-electron chi connectivity index (χ2n) is 4.79. The van der Waals surface area contributed by atoms with Crippen molar-refractivity contribution in [3.8, 4) is 11.5 Å². The van der Waals surface area contributed by atoms with Gasteiger partial charge in [-0.2, -0.15) is 0 Å². The van der Waals surface area contributed by atoms with Gasteiger partial charge >= 0.3 is 11.9 Å². The Morgan fingerprint density at radius 3 is 2.14 bits per heavy atom. The van der Waals surface area contributed by atoms with Crippen molar-refractivity contribution in [2.45, 2.75) is 19.8 Å². The Morgan fingerprint density at radius 1 is 1.00 bits per heavy atom. The molecule has 5 nitrogen and oxygen atoms in total. The highest BCUT2D eigenvalue weighted by Crippen LogP contribution is 2.29. The molecule has 0 bridgehead atoms. The highest BCUT2D eigenvalue weighted by Gasteiger charge is 2.32. The van der Waals surface area contributed by atoms with Crippen molar-refractivity contribution in [2.75, 3.05) is 14.2 Å². The van der Waals surface area contributed by atoms with E-state index in [0.29, 0.717) is 29.1 Å². The molecule has 1 saturated heterocycles. The summed E-state index contributed by atoms with van der Waals surface area (Å²) in [5.74, 6) is -0.0281. The number of unbranched alkanes of at least 4 members (excludes halogenated alkanes) is 1. The van der Waals surface area contributed by atoms with E-state index >= 15 is 0 Å². The molecule has 0 N–H and O–H groups in total. The van der Waals surface area contributed by atoms with E-state index in [1.165, 1.54) is 0 Å². The molecule has 0 aromatic heterocycles. The second-order valence-corrected chi connectivity index (χ2v) is 4.79. The first-order chi connectivity index (χ1) is 10.6. The van der Waals surface area contributed by atoms with Gasteiger partial charge in [-0.15, -0.1) is 0 Å². The average molecular weight is 302 g/mol. The van der Waals surface area contributed by atoms with Gasteiger partial charge in [-0.05, 0) is 30.2 Å². The van der Waals surface area contributed by atoms with Crippen molar-refractivity contribution in [1.82, 2.24) is 0 Å². The third-order valence-corrected chi connectivity index (χ3v) is 3.24. The molecular formula is C17H18O5. The van der Waals surface area contributed by atoms with Gasteiger partial charge in [0, 0.05) is 6.07 Å². The monoisotopic (exact) mass is 302 g/mol. The molecule has 1 fully saturated rings. The van der Waals surface area contributed by atoms with Crippen LogP contribution in [-0.2, 0) is 14.3 Å². The maximum Gasteiger partial charge on any atom is 0.346 e. The minimum absolute atomic E-state index is 0.258. The van der Waals surface area contributed by atoms with Gasteiger partial charge in [0.2, 0.25) is 0 Å². The summed E-state index contributed by atoms with van der Waals surface area (Å²) in [4.78, 5) is 23.6. The second kappa shape index (κ2) is 6.93. The SMILES string of the molecule is CCC/C=C1\C(=O)OC(=O)\C1=C\c1cc(OC)cc(OC)c1. The van der Waals surface area contributed by atoms with Gasteiger partial charge in [0.1, 0.15) is 11.5 Å². The lowest BCUT2D eigenvalue weighted by atomic mass is 10.0. The zero-order valence-corrected chi connectivity index (χ0v) is 12.8. The molecule has 0 unspecified atom stereocenters. The molecule has 1 aliphatic rings. The van der Waals surface area contributed by atoms with Crippen LogP contribution in [0.15, 0.2) is 35.4 Å². The highest BCUT2D eigenvalue weighted by atomic mass is 16.6. The van der Waals surface area contributed by atoms with Crippen molar-refractivity contribution < 1.29 is 23.8 Å². The number of carbonyl (C=O) groups is 2. The summed E-state index contributed by atoms with van der Waals surface area (Å²) in [7, 11) is 3.09. The molecule has 2 rings (SSSR count). The Balaban J connectivity index is 2.45. The van der Waals surface area contributed by atoms with Crippen molar-refractivity contribution in [2.24, 2.45) is 0 Å². The van der Waals surface area contributed by atoms with Crippen molar-refractivity contribution in [3.05, 3.63) is 41.0 Å². The Morgan fingerprint density at radius 2 is 1.59 bits per heavy atom. The fraction of sp³-hybridized carbons (Fsp3) is 0.294. The first-order valence-corrected chi connectivity index (χ1v) is 7.00. The van der Waals surface area contributed by atoms with Crippen LogP contribution in [0.2, 0.25) is 0 Å². The molecule has 1 aromatic carbocycles. The molecule has 0 spiro atoms. The van der Waals surface area contributed by atoms with Crippen LogP contribution in [0.3, 0.4) is 0 Å². The lowest BCUT2D eigenvalue weighted by Crippen LogP contribution is -1.97. The van der Waals surface area contributed by atoms with Crippen LogP contribution in [0.5, 0.6) is 11.5 Å². The molecule has 0 atom stereocenters. The number of rotatable bonds is 5.